The normalized spacial score (nSPS) is 17.6. The number of rotatable bonds is 3. The number of hydrogen-bond donors (Lipinski definition) is 1. The number of ether oxygens (including phenoxy) is 1. The Bertz CT molecular complexity index is 388. The van der Waals surface area contributed by atoms with E-state index in [9.17, 15) is 8.78 Å². The lowest BCUT2D eigenvalue weighted by Crippen LogP contribution is -2.25. The molecule has 0 spiro atoms. The summed E-state index contributed by atoms with van der Waals surface area (Å²) in [4.78, 5) is 0. The molecule has 15 heavy (non-hydrogen) atoms. The summed E-state index contributed by atoms with van der Waals surface area (Å²) in [6.45, 7) is 0. The molecule has 1 aromatic rings. The van der Waals surface area contributed by atoms with Gasteiger partial charge in [-0.1, -0.05) is 0 Å². The third-order valence-electron chi connectivity index (χ3n) is 2.76. The molecule has 1 aliphatic rings. The van der Waals surface area contributed by atoms with Crippen molar-refractivity contribution in [3.8, 4) is 5.75 Å². The molecule has 2 nitrogen and oxygen atoms in total. The minimum atomic E-state index is -0.680. The SMILES string of the molecule is COc1cc(CC2(N)CC2)c(F)cc1F. The number of halogens is 2. The van der Waals surface area contributed by atoms with Crippen LogP contribution < -0.4 is 10.5 Å². The van der Waals surface area contributed by atoms with E-state index in [2.05, 4.69) is 0 Å². The highest BCUT2D eigenvalue weighted by Gasteiger charge is 2.38. The van der Waals surface area contributed by atoms with Crippen molar-refractivity contribution in [3.63, 3.8) is 0 Å². The Kier molecular flexibility index (Phi) is 2.38. The molecule has 1 aliphatic carbocycles. The van der Waals surface area contributed by atoms with Crippen molar-refractivity contribution in [2.75, 3.05) is 7.11 Å². The quantitative estimate of drug-likeness (QED) is 0.833. The Morgan fingerprint density at radius 3 is 2.53 bits per heavy atom. The van der Waals surface area contributed by atoms with E-state index in [0.717, 1.165) is 18.9 Å². The average Bonchev–Trinajstić information content (AvgIpc) is 2.89. The Balaban J connectivity index is 2.29. The molecule has 0 amide bonds. The lowest BCUT2D eigenvalue weighted by Gasteiger charge is -2.11. The van der Waals surface area contributed by atoms with Crippen LogP contribution in [0.1, 0.15) is 18.4 Å². The fourth-order valence-electron chi connectivity index (χ4n) is 1.58. The van der Waals surface area contributed by atoms with Crippen LogP contribution in [0.3, 0.4) is 0 Å². The molecular weight excluding hydrogens is 200 g/mol. The zero-order chi connectivity index (χ0) is 11.1. The van der Waals surface area contributed by atoms with E-state index < -0.39 is 11.6 Å². The van der Waals surface area contributed by atoms with Crippen LogP contribution in [0.2, 0.25) is 0 Å². The van der Waals surface area contributed by atoms with Gasteiger partial charge >= 0.3 is 0 Å². The summed E-state index contributed by atoms with van der Waals surface area (Å²) in [5.41, 5.74) is 6.01. The van der Waals surface area contributed by atoms with Gasteiger partial charge in [0.25, 0.3) is 0 Å². The van der Waals surface area contributed by atoms with E-state index >= 15 is 0 Å². The van der Waals surface area contributed by atoms with Gasteiger partial charge in [0.15, 0.2) is 11.6 Å². The Morgan fingerprint density at radius 1 is 1.33 bits per heavy atom. The molecule has 0 bridgehead atoms. The fraction of sp³-hybridized carbons (Fsp3) is 0.455. The third kappa shape index (κ3) is 2.09. The van der Waals surface area contributed by atoms with Gasteiger partial charge in [-0.3, -0.25) is 0 Å². The van der Waals surface area contributed by atoms with Crippen LogP contribution in [-0.4, -0.2) is 12.6 Å². The molecule has 0 unspecified atom stereocenters. The van der Waals surface area contributed by atoms with Gasteiger partial charge in [0.1, 0.15) is 5.82 Å². The van der Waals surface area contributed by atoms with Crippen molar-refractivity contribution < 1.29 is 13.5 Å². The fourth-order valence-corrected chi connectivity index (χ4v) is 1.58. The van der Waals surface area contributed by atoms with E-state index in [1.807, 2.05) is 0 Å². The molecule has 2 rings (SSSR count). The second-order valence-electron chi connectivity index (χ2n) is 4.12. The van der Waals surface area contributed by atoms with Crippen LogP contribution in [0.4, 0.5) is 8.78 Å². The zero-order valence-corrected chi connectivity index (χ0v) is 8.52. The third-order valence-corrected chi connectivity index (χ3v) is 2.76. The minimum absolute atomic E-state index is 0.0654. The van der Waals surface area contributed by atoms with Crippen LogP contribution in [0.15, 0.2) is 12.1 Å². The van der Waals surface area contributed by atoms with Crippen molar-refractivity contribution in [1.82, 2.24) is 0 Å². The smallest absolute Gasteiger partial charge is 0.167 e. The van der Waals surface area contributed by atoms with Gasteiger partial charge in [0.05, 0.1) is 7.11 Å². The summed E-state index contributed by atoms with van der Waals surface area (Å²) in [7, 11) is 1.36. The van der Waals surface area contributed by atoms with Crippen LogP contribution in [0.25, 0.3) is 0 Å². The molecule has 0 atom stereocenters. The van der Waals surface area contributed by atoms with Gasteiger partial charge in [-0.25, -0.2) is 8.78 Å². The summed E-state index contributed by atoms with van der Waals surface area (Å²) in [5, 5.41) is 0. The molecule has 0 aliphatic heterocycles. The zero-order valence-electron chi connectivity index (χ0n) is 8.52. The van der Waals surface area contributed by atoms with Gasteiger partial charge in [0.2, 0.25) is 0 Å². The van der Waals surface area contributed by atoms with Crippen molar-refractivity contribution in [2.24, 2.45) is 5.73 Å². The maximum atomic E-state index is 13.4. The van der Waals surface area contributed by atoms with E-state index in [1.54, 1.807) is 0 Å². The molecule has 82 valence electrons. The summed E-state index contributed by atoms with van der Waals surface area (Å²) < 4.78 is 31.2. The van der Waals surface area contributed by atoms with Crippen molar-refractivity contribution in [3.05, 3.63) is 29.3 Å². The Morgan fingerprint density at radius 2 is 2.00 bits per heavy atom. The number of benzene rings is 1. The molecular formula is C11H13F2NO. The maximum absolute atomic E-state index is 13.4. The van der Waals surface area contributed by atoms with E-state index in [0.29, 0.717) is 12.0 Å². The first-order valence-electron chi connectivity index (χ1n) is 4.85. The number of methoxy groups -OCH3 is 1. The standard InChI is InChI=1S/C11H13F2NO/c1-15-10-4-7(6-11(14)2-3-11)8(12)5-9(10)13/h4-5H,2-3,6,14H2,1H3. The van der Waals surface area contributed by atoms with E-state index in [-0.39, 0.29) is 11.3 Å². The van der Waals surface area contributed by atoms with Crippen LogP contribution >= 0.6 is 0 Å². The average molecular weight is 213 g/mol. The molecule has 0 saturated heterocycles. The highest BCUT2D eigenvalue weighted by molar-refractivity contribution is 5.33. The van der Waals surface area contributed by atoms with Crippen LogP contribution in [-0.2, 0) is 6.42 Å². The first-order valence-corrected chi connectivity index (χ1v) is 4.85. The molecule has 4 heteroatoms. The molecule has 1 fully saturated rings. The first-order chi connectivity index (χ1) is 7.04. The highest BCUT2D eigenvalue weighted by Crippen LogP contribution is 2.37. The summed E-state index contributed by atoms with van der Waals surface area (Å²) >= 11 is 0. The van der Waals surface area contributed by atoms with Gasteiger partial charge < -0.3 is 10.5 Å². The van der Waals surface area contributed by atoms with Crippen LogP contribution in [0.5, 0.6) is 5.75 Å². The topological polar surface area (TPSA) is 35.2 Å². The number of nitrogens with two attached hydrogens (primary N) is 1. The summed E-state index contributed by atoms with van der Waals surface area (Å²) in [6, 6.07) is 2.23. The number of hydrogen-bond acceptors (Lipinski definition) is 2. The van der Waals surface area contributed by atoms with Gasteiger partial charge in [0, 0.05) is 11.6 Å². The summed E-state index contributed by atoms with van der Waals surface area (Å²) in [5.74, 6) is -1.17. The minimum Gasteiger partial charge on any atom is -0.494 e. The largest absolute Gasteiger partial charge is 0.494 e. The van der Waals surface area contributed by atoms with Gasteiger partial charge in [-0.05, 0) is 30.9 Å². The molecule has 1 aromatic carbocycles. The second-order valence-corrected chi connectivity index (χ2v) is 4.12. The Labute approximate surface area is 87.0 Å². The van der Waals surface area contributed by atoms with Crippen molar-refractivity contribution in [1.29, 1.82) is 0 Å². The van der Waals surface area contributed by atoms with Crippen molar-refractivity contribution >= 4 is 0 Å². The predicted molar refractivity (Wildman–Crippen MR) is 52.8 cm³/mol. The van der Waals surface area contributed by atoms with Crippen molar-refractivity contribution in [2.45, 2.75) is 24.8 Å². The van der Waals surface area contributed by atoms with E-state index in [4.69, 9.17) is 10.5 Å². The lowest BCUT2D eigenvalue weighted by molar-refractivity contribution is 0.382. The van der Waals surface area contributed by atoms with E-state index in [1.165, 1.54) is 13.2 Å². The molecule has 0 heterocycles. The monoisotopic (exact) mass is 213 g/mol. The van der Waals surface area contributed by atoms with Gasteiger partial charge in [-0.15, -0.1) is 0 Å². The first kappa shape index (κ1) is 10.4. The Hall–Kier alpha value is -1.16. The van der Waals surface area contributed by atoms with Crippen LogP contribution in [0, 0.1) is 11.6 Å². The lowest BCUT2D eigenvalue weighted by atomic mass is 10.0. The second kappa shape index (κ2) is 3.45. The highest BCUT2D eigenvalue weighted by atomic mass is 19.1. The molecule has 1 saturated carbocycles. The summed E-state index contributed by atoms with van der Waals surface area (Å²) in [6.07, 6.45) is 2.23. The molecule has 2 N–H and O–H groups in total. The van der Waals surface area contributed by atoms with Gasteiger partial charge in [-0.2, -0.15) is 0 Å². The molecule has 0 aromatic heterocycles. The predicted octanol–water partition coefficient (Wildman–Crippen LogP) is 2.01. The molecule has 0 radical (unpaired) electrons. The maximum Gasteiger partial charge on any atom is 0.167 e.